The van der Waals surface area contributed by atoms with Crippen molar-refractivity contribution in [2.24, 2.45) is 11.7 Å². The lowest BCUT2D eigenvalue weighted by molar-refractivity contribution is -0.149. The fourth-order valence-corrected chi connectivity index (χ4v) is 3.55. The summed E-state index contributed by atoms with van der Waals surface area (Å²) in [4.78, 5) is 72.6. The molecule has 0 aromatic heterocycles. The molecule has 0 radical (unpaired) electrons. The molecule has 1 aliphatic heterocycles. The van der Waals surface area contributed by atoms with Gasteiger partial charge in [0.1, 0.15) is 18.1 Å². The van der Waals surface area contributed by atoms with E-state index in [-0.39, 0.29) is 25.3 Å². The Morgan fingerprint density at radius 3 is 2.09 bits per heavy atom. The molecule has 0 unspecified atom stereocenters. The monoisotopic (exact) mass is 472 g/mol. The lowest BCUT2D eigenvalue weighted by Gasteiger charge is -2.29. The van der Waals surface area contributed by atoms with Gasteiger partial charge in [0.2, 0.25) is 17.7 Å². The van der Waals surface area contributed by atoms with Gasteiger partial charge in [0.15, 0.2) is 0 Å². The molecule has 0 aliphatic carbocycles. The van der Waals surface area contributed by atoms with Crippen LogP contribution in [0.1, 0.15) is 52.4 Å². The van der Waals surface area contributed by atoms with E-state index in [0.717, 1.165) is 0 Å². The lowest BCUT2D eigenvalue weighted by Crippen LogP contribution is -2.57. The van der Waals surface area contributed by atoms with Crippen molar-refractivity contribution < 1.29 is 44.1 Å². The molecule has 7 N–H and O–H groups in total. The van der Waals surface area contributed by atoms with Crippen LogP contribution in [0, 0.1) is 5.92 Å². The molecule has 0 bridgehead atoms. The highest BCUT2D eigenvalue weighted by molar-refractivity contribution is 5.95. The van der Waals surface area contributed by atoms with E-state index in [1.54, 1.807) is 13.8 Å². The Morgan fingerprint density at radius 2 is 1.58 bits per heavy atom. The summed E-state index contributed by atoms with van der Waals surface area (Å²) in [5, 5.41) is 31.9. The van der Waals surface area contributed by atoms with Crippen LogP contribution < -0.4 is 16.4 Å². The zero-order chi connectivity index (χ0) is 25.3. The molecule has 13 heteroatoms. The van der Waals surface area contributed by atoms with Gasteiger partial charge in [0.05, 0.1) is 12.5 Å². The molecule has 1 heterocycles. The third-order valence-electron chi connectivity index (χ3n) is 5.15. The molecule has 0 spiro atoms. The Morgan fingerprint density at radius 1 is 0.970 bits per heavy atom. The minimum Gasteiger partial charge on any atom is -0.481 e. The number of amides is 3. The van der Waals surface area contributed by atoms with E-state index in [4.69, 9.17) is 15.9 Å². The maximum atomic E-state index is 13.1. The van der Waals surface area contributed by atoms with Gasteiger partial charge in [-0.2, -0.15) is 0 Å². The van der Waals surface area contributed by atoms with Crippen LogP contribution >= 0.6 is 0 Å². The summed E-state index contributed by atoms with van der Waals surface area (Å²) in [5.74, 6) is -6.14. The van der Waals surface area contributed by atoms with Gasteiger partial charge in [-0.05, 0) is 31.6 Å². The zero-order valence-electron chi connectivity index (χ0n) is 18.7. The molecular weight excluding hydrogens is 440 g/mol. The molecule has 0 aromatic rings. The highest BCUT2D eigenvalue weighted by Gasteiger charge is 2.38. The van der Waals surface area contributed by atoms with Crippen LogP contribution in [0.3, 0.4) is 0 Å². The molecule has 1 fully saturated rings. The quantitative estimate of drug-likeness (QED) is 0.187. The van der Waals surface area contributed by atoms with Gasteiger partial charge in [-0.15, -0.1) is 0 Å². The van der Waals surface area contributed by atoms with Crippen molar-refractivity contribution >= 4 is 35.6 Å². The standard InChI is InChI=1S/C20H32N4O9/c1-10(2)8-13(19(31)24-7-3-4-14(24)20(32)33)23-18(30)12(5-6-15(25)26)22-17(29)11(21)9-16(27)28/h10-14H,3-9,21H2,1-2H3,(H,22,29)(H,23,30)(H,25,26)(H,27,28)(H,32,33)/t11-,12-,13-,14-/m0/s1. The molecule has 0 saturated carbocycles. The molecule has 1 rings (SSSR count). The van der Waals surface area contributed by atoms with E-state index in [0.29, 0.717) is 12.8 Å². The number of nitrogens with zero attached hydrogens (tertiary/aromatic N) is 1. The van der Waals surface area contributed by atoms with E-state index >= 15 is 0 Å². The maximum Gasteiger partial charge on any atom is 0.326 e. The normalized spacial score (nSPS) is 18.3. The van der Waals surface area contributed by atoms with Crippen molar-refractivity contribution in [3.8, 4) is 0 Å². The van der Waals surface area contributed by atoms with Crippen molar-refractivity contribution in [1.29, 1.82) is 0 Å². The predicted octanol–water partition coefficient (Wildman–Crippen LogP) is -1.26. The number of aliphatic carboxylic acids is 3. The van der Waals surface area contributed by atoms with E-state index in [2.05, 4.69) is 10.6 Å². The van der Waals surface area contributed by atoms with Gasteiger partial charge >= 0.3 is 17.9 Å². The fraction of sp³-hybridized carbons (Fsp3) is 0.700. The summed E-state index contributed by atoms with van der Waals surface area (Å²) < 4.78 is 0. The van der Waals surface area contributed by atoms with Crippen molar-refractivity contribution in [2.75, 3.05) is 6.54 Å². The number of carboxylic acid groups (broad SMARTS) is 3. The maximum absolute atomic E-state index is 13.1. The van der Waals surface area contributed by atoms with Gasteiger partial charge < -0.3 is 36.6 Å². The van der Waals surface area contributed by atoms with E-state index < -0.39 is 72.6 Å². The number of rotatable bonds is 13. The minimum atomic E-state index is -1.46. The SMILES string of the molecule is CC(C)C[C@H](NC(=O)[C@H](CCC(=O)O)NC(=O)[C@@H](N)CC(=O)O)C(=O)N1CCC[C@H]1C(=O)O. The molecule has 1 aliphatic rings. The first-order chi connectivity index (χ1) is 15.3. The Bertz CT molecular complexity index is 771. The largest absolute Gasteiger partial charge is 0.481 e. The topological polar surface area (TPSA) is 216 Å². The van der Waals surface area contributed by atoms with Crippen molar-refractivity contribution in [2.45, 2.75) is 76.5 Å². The first-order valence-corrected chi connectivity index (χ1v) is 10.7. The number of hydrogen-bond donors (Lipinski definition) is 6. The van der Waals surface area contributed by atoms with Crippen LogP contribution in [-0.2, 0) is 28.8 Å². The highest BCUT2D eigenvalue weighted by atomic mass is 16.4. The number of nitrogens with two attached hydrogens (primary N) is 1. The number of nitrogens with one attached hydrogen (secondary N) is 2. The lowest BCUT2D eigenvalue weighted by atomic mass is 10.0. The smallest absolute Gasteiger partial charge is 0.326 e. The van der Waals surface area contributed by atoms with E-state index in [1.165, 1.54) is 4.90 Å². The summed E-state index contributed by atoms with van der Waals surface area (Å²) in [5.41, 5.74) is 5.51. The average molecular weight is 472 g/mol. The molecule has 3 amide bonds. The average Bonchev–Trinajstić information content (AvgIpc) is 3.18. The third-order valence-corrected chi connectivity index (χ3v) is 5.15. The summed E-state index contributed by atoms with van der Waals surface area (Å²) in [6.45, 7) is 3.84. The van der Waals surface area contributed by atoms with Gasteiger partial charge in [-0.1, -0.05) is 13.8 Å². The minimum absolute atomic E-state index is 0.0545. The van der Waals surface area contributed by atoms with Crippen molar-refractivity contribution in [1.82, 2.24) is 15.5 Å². The fourth-order valence-electron chi connectivity index (χ4n) is 3.55. The Balaban J connectivity index is 3.02. The van der Waals surface area contributed by atoms with Crippen LogP contribution in [0.2, 0.25) is 0 Å². The number of carbonyl (C=O) groups is 6. The molecule has 13 nitrogen and oxygen atoms in total. The summed E-state index contributed by atoms with van der Waals surface area (Å²) >= 11 is 0. The molecule has 0 aromatic carbocycles. The van der Waals surface area contributed by atoms with Crippen LogP contribution in [0.15, 0.2) is 0 Å². The molecule has 186 valence electrons. The highest BCUT2D eigenvalue weighted by Crippen LogP contribution is 2.20. The number of carboxylic acids is 3. The molecular formula is C20H32N4O9. The second-order valence-electron chi connectivity index (χ2n) is 8.42. The van der Waals surface area contributed by atoms with Gasteiger partial charge in [-0.3, -0.25) is 24.0 Å². The van der Waals surface area contributed by atoms with Gasteiger partial charge in [0.25, 0.3) is 0 Å². The van der Waals surface area contributed by atoms with Crippen LogP contribution in [-0.4, -0.2) is 86.6 Å². The third kappa shape index (κ3) is 9.04. The van der Waals surface area contributed by atoms with Crippen molar-refractivity contribution in [3.05, 3.63) is 0 Å². The summed E-state index contributed by atoms with van der Waals surface area (Å²) in [6, 6.07) is -4.93. The predicted molar refractivity (Wildman–Crippen MR) is 113 cm³/mol. The van der Waals surface area contributed by atoms with Gasteiger partial charge in [0, 0.05) is 13.0 Å². The van der Waals surface area contributed by atoms with Crippen molar-refractivity contribution in [3.63, 3.8) is 0 Å². The second kappa shape index (κ2) is 12.7. The van der Waals surface area contributed by atoms with Crippen LogP contribution in [0.25, 0.3) is 0 Å². The van der Waals surface area contributed by atoms with E-state index in [1.807, 2.05) is 0 Å². The first kappa shape index (κ1) is 27.8. The number of carbonyl (C=O) groups excluding carboxylic acids is 3. The second-order valence-corrected chi connectivity index (χ2v) is 8.42. The Hall–Kier alpha value is -3.22. The summed E-state index contributed by atoms with van der Waals surface area (Å²) in [6.07, 6.45) is -0.518. The Labute approximate surface area is 190 Å². The molecule has 33 heavy (non-hydrogen) atoms. The van der Waals surface area contributed by atoms with Gasteiger partial charge in [-0.25, -0.2) is 4.79 Å². The zero-order valence-corrected chi connectivity index (χ0v) is 18.7. The Kier molecular flexibility index (Phi) is 10.7. The number of hydrogen-bond acceptors (Lipinski definition) is 7. The van der Waals surface area contributed by atoms with E-state index in [9.17, 15) is 33.9 Å². The molecule has 1 saturated heterocycles. The summed E-state index contributed by atoms with van der Waals surface area (Å²) in [7, 11) is 0. The first-order valence-electron chi connectivity index (χ1n) is 10.7. The van der Waals surface area contributed by atoms with Crippen LogP contribution in [0.4, 0.5) is 0 Å². The molecule has 4 atom stereocenters. The number of likely N-dealkylation sites (tertiary alicyclic amines) is 1. The van der Waals surface area contributed by atoms with Crippen LogP contribution in [0.5, 0.6) is 0 Å².